The van der Waals surface area contributed by atoms with Gasteiger partial charge in [0.05, 0.1) is 4.92 Å². The van der Waals surface area contributed by atoms with Gasteiger partial charge in [0.25, 0.3) is 0 Å². The monoisotopic (exact) mass is 275 g/mol. The van der Waals surface area contributed by atoms with Crippen LogP contribution in [-0.2, 0) is 0 Å². The molecule has 0 bridgehead atoms. The molecule has 0 heterocycles. The van der Waals surface area contributed by atoms with Crippen molar-refractivity contribution in [2.24, 2.45) is 0 Å². The zero-order chi connectivity index (χ0) is 14.7. The van der Waals surface area contributed by atoms with Gasteiger partial charge in [-0.05, 0) is 25.1 Å². The summed E-state index contributed by atoms with van der Waals surface area (Å²) in [5.41, 5.74) is -0.153. The first-order valence-corrected chi connectivity index (χ1v) is 5.70. The van der Waals surface area contributed by atoms with Gasteiger partial charge in [0.2, 0.25) is 5.82 Å². The molecule has 0 N–H and O–H groups in total. The molecule has 2 aromatic rings. The highest BCUT2D eigenvalue weighted by atomic mass is 19.1. The lowest BCUT2D eigenvalue weighted by Crippen LogP contribution is -1.94. The summed E-state index contributed by atoms with van der Waals surface area (Å²) < 4.78 is 18.8. The molecule has 0 amide bonds. The van der Waals surface area contributed by atoms with Crippen LogP contribution >= 0.6 is 0 Å². The SMILES string of the molecule is CC(=O)c1cccc(Oc2ccc([N+](=O)[O-])c(F)c2)c1. The molecule has 5 nitrogen and oxygen atoms in total. The predicted molar refractivity (Wildman–Crippen MR) is 69.6 cm³/mol. The minimum atomic E-state index is -0.977. The van der Waals surface area contributed by atoms with Gasteiger partial charge in [0, 0.05) is 17.7 Å². The second-order valence-corrected chi connectivity index (χ2v) is 4.06. The molecule has 20 heavy (non-hydrogen) atoms. The van der Waals surface area contributed by atoms with Crippen LogP contribution in [0.3, 0.4) is 0 Å². The molecule has 2 aromatic carbocycles. The lowest BCUT2D eigenvalue weighted by molar-refractivity contribution is -0.387. The van der Waals surface area contributed by atoms with E-state index >= 15 is 0 Å². The topological polar surface area (TPSA) is 69.4 Å². The molecule has 0 aromatic heterocycles. The van der Waals surface area contributed by atoms with Gasteiger partial charge < -0.3 is 4.74 Å². The molecule has 0 saturated carbocycles. The number of rotatable bonds is 4. The fourth-order valence-electron chi connectivity index (χ4n) is 1.61. The molecular formula is C14H10FNO4. The largest absolute Gasteiger partial charge is 0.457 e. The Morgan fingerprint density at radius 2 is 1.90 bits per heavy atom. The van der Waals surface area contributed by atoms with Gasteiger partial charge in [-0.15, -0.1) is 0 Å². The minimum Gasteiger partial charge on any atom is -0.457 e. The molecule has 0 atom stereocenters. The molecule has 0 radical (unpaired) electrons. The number of benzene rings is 2. The number of nitro groups is 1. The van der Waals surface area contributed by atoms with Crippen LogP contribution < -0.4 is 4.74 Å². The zero-order valence-electron chi connectivity index (χ0n) is 10.5. The Bertz CT molecular complexity index is 685. The molecular weight excluding hydrogens is 265 g/mol. The molecule has 102 valence electrons. The molecule has 0 unspecified atom stereocenters. The van der Waals surface area contributed by atoms with Crippen LogP contribution in [-0.4, -0.2) is 10.7 Å². The van der Waals surface area contributed by atoms with Crippen molar-refractivity contribution >= 4 is 11.5 Å². The van der Waals surface area contributed by atoms with Gasteiger partial charge in [-0.2, -0.15) is 4.39 Å². The number of ether oxygens (including phenoxy) is 1. The van der Waals surface area contributed by atoms with Crippen molar-refractivity contribution in [2.45, 2.75) is 6.92 Å². The molecule has 0 aliphatic rings. The van der Waals surface area contributed by atoms with E-state index in [9.17, 15) is 19.3 Å². The average Bonchev–Trinajstić information content (AvgIpc) is 2.38. The van der Waals surface area contributed by atoms with E-state index in [2.05, 4.69) is 0 Å². The van der Waals surface area contributed by atoms with E-state index in [1.54, 1.807) is 18.2 Å². The third-order valence-corrected chi connectivity index (χ3v) is 2.59. The van der Waals surface area contributed by atoms with Gasteiger partial charge in [0.15, 0.2) is 5.78 Å². The Kier molecular flexibility index (Phi) is 3.74. The maximum Gasteiger partial charge on any atom is 0.305 e. The number of nitro benzene ring substituents is 1. The van der Waals surface area contributed by atoms with Gasteiger partial charge >= 0.3 is 5.69 Å². The van der Waals surface area contributed by atoms with Crippen molar-refractivity contribution in [1.82, 2.24) is 0 Å². The number of carbonyl (C=O) groups is 1. The van der Waals surface area contributed by atoms with Crippen molar-refractivity contribution in [2.75, 3.05) is 0 Å². The van der Waals surface area contributed by atoms with Crippen molar-refractivity contribution in [3.05, 3.63) is 64.0 Å². The Morgan fingerprint density at radius 1 is 1.20 bits per heavy atom. The predicted octanol–water partition coefficient (Wildman–Crippen LogP) is 3.73. The average molecular weight is 275 g/mol. The molecule has 0 aliphatic carbocycles. The van der Waals surface area contributed by atoms with Crippen LogP contribution in [0, 0.1) is 15.9 Å². The quantitative estimate of drug-likeness (QED) is 0.484. The fourth-order valence-corrected chi connectivity index (χ4v) is 1.61. The highest BCUT2D eigenvalue weighted by Crippen LogP contribution is 2.27. The second-order valence-electron chi connectivity index (χ2n) is 4.06. The minimum absolute atomic E-state index is 0.119. The van der Waals surface area contributed by atoms with Gasteiger partial charge in [0.1, 0.15) is 11.5 Å². The normalized spacial score (nSPS) is 10.1. The number of ketones is 1. The number of Topliss-reactive ketones (excluding diaryl/α,β-unsaturated/α-hetero) is 1. The number of carbonyl (C=O) groups excluding carboxylic acids is 1. The summed E-state index contributed by atoms with van der Waals surface area (Å²) >= 11 is 0. The summed E-state index contributed by atoms with van der Waals surface area (Å²) in [5.74, 6) is -0.625. The Hall–Kier alpha value is -2.76. The summed E-state index contributed by atoms with van der Waals surface area (Å²) in [4.78, 5) is 20.9. The summed E-state index contributed by atoms with van der Waals surface area (Å²) in [5, 5.41) is 10.5. The van der Waals surface area contributed by atoms with Crippen molar-refractivity contribution < 1.29 is 18.8 Å². The van der Waals surface area contributed by atoms with E-state index in [4.69, 9.17) is 4.74 Å². The third kappa shape index (κ3) is 2.97. The van der Waals surface area contributed by atoms with Crippen LogP contribution in [0.15, 0.2) is 42.5 Å². The number of halogens is 1. The second kappa shape index (κ2) is 5.48. The summed E-state index contributed by atoms with van der Waals surface area (Å²) in [6.07, 6.45) is 0. The number of hydrogen-bond acceptors (Lipinski definition) is 4. The lowest BCUT2D eigenvalue weighted by Gasteiger charge is -2.06. The van der Waals surface area contributed by atoms with E-state index < -0.39 is 16.4 Å². The first kappa shape index (κ1) is 13.7. The molecule has 0 spiro atoms. The van der Waals surface area contributed by atoms with Crippen molar-refractivity contribution in [3.8, 4) is 11.5 Å². The van der Waals surface area contributed by atoms with E-state index in [0.29, 0.717) is 11.3 Å². The van der Waals surface area contributed by atoms with E-state index in [1.165, 1.54) is 19.1 Å². The van der Waals surface area contributed by atoms with Crippen LogP contribution in [0.4, 0.5) is 10.1 Å². The van der Waals surface area contributed by atoms with Crippen LogP contribution in [0.2, 0.25) is 0 Å². The maximum absolute atomic E-state index is 13.4. The van der Waals surface area contributed by atoms with Gasteiger partial charge in [-0.25, -0.2) is 0 Å². The summed E-state index contributed by atoms with van der Waals surface area (Å²) in [7, 11) is 0. The number of hydrogen-bond donors (Lipinski definition) is 0. The number of nitrogens with zero attached hydrogens (tertiary/aromatic N) is 1. The van der Waals surface area contributed by atoms with Crippen molar-refractivity contribution in [3.63, 3.8) is 0 Å². The molecule has 0 aliphatic heterocycles. The maximum atomic E-state index is 13.4. The van der Waals surface area contributed by atoms with E-state index in [0.717, 1.165) is 12.1 Å². The first-order chi connectivity index (χ1) is 9.47. The first-order valence-electron chi connectivity index (χ1n) is 5.70. The molecule has 0 fully saturated rings. The van der Waals surface area contributed by atoms with Gasteiger partial charge in [-0.1, -0.05) is 12.1 Å². The van der Waals surface area contributed by atoms with Crippen LogP contribution in [0.1, 0.15) is 17.3 Å². The van der Waals surface area contributed by atoms with Crippen LogP contribution in [0.5, 0.6) is 11.5 Å². The zero-order valence-corrected chi connectivity index (χ0v) is 10.5. The molecule has 2 rings (SSSR count). The van der Waals surface area contributed by atoms with Gasteiger partial charge in [-0.3, -0.25) is 14.9 Å². The Morgan fingerprint density at radius 3 is 2.50 bits per heavy atom. The summed E-state index contributed by atoms with van der Waals surface area (Å²) in [6, 6.07) is 9.63. The third-order valence-electron chi connectivity index (χ3n) is 2.59. The smallest absolute Gasteiger partial charge is 0.305 e. The van der Waals surface area contributed by atoms with Crippen molar-refractivity contribution in [1.29, 1.82) is 0 Å². The highest BCUT2D eigenvalue weighted by molar-refractivity contribution is 5.94. The molecule has 0 saturated heterocycles. The van der Waals surface area contributed by atoms with E-state index in [1.807, 2.05) is 0 Å². The Labute approximate surface area is 113 Å². The fraction of sp³-hybridized carbons (Fsp3) is 0.0714. The lowest BCUT2D eigenvalue weighted by atomic mass is 10.1. The molecule has 6 heteroatoms. The van der Waals surface area contributed by atoms with E-state index in [-0.39, 0.29) is 11.5 Å². The Balaban J connectivity index is 2.26. The highest BCUT2D eigenvalue weighted by Gasteiger charge is 2.14. The summed E-state index contributed by atoms with van der Waals surface area (Å²) in [6.45, 7) is 1.42. The standard InChI is InChI=1S/C14H10FNO4/c1-9(17)10-3-2-4-11(7-10)20-12-5-6-14(16(18)19)13(15)8-12/h2-8H,1H3. The van der Waals surface area contributed by atoms with Crippen LogP contribution in [0.25, 0.3) is 0 Å².